The van der Waals surface area contributed by atoms with Gasteiger partial charge in [-0.05, 0) is 43.2 Å². The highest BCUT2D eigenvalue weighted by molar-refractivity contribution is 5.82. The van der Waals surface area contributed by atoms with Crippen LogP contribution in [0.3, 0.4) is 0 Å². The number of ether oxygens (including phenoxy) is 1. The zero-order chi connectivity index (χ0) is 17.3. The van der Waals surface area contributed by atoms with Crippen molar-refractivity contribution in [3.05, 3.63) is 52.4 Å². The summed E-state index contributed by atoms with van der Waals surface area (Å²) in [5.74, 6) is -0.973. The number of rotatable bonds is 5. The topological polar surface area (TPSA) is 89.9 Å². The summed E-state index contributed by atoms with van der Waals surface area (Å²) >= 11 is 0. The van der Waals surface area contributed by atoms with Gasteiger partial charge in [0.25, 0.3) is 0 Å². The molecule has 24 heavy (non-hydrogen) atoms. The van der Waals surface area contributed by atoms with Crippen molar-refractivity contribution in [3.63, 3.8) is 0 Å². The summed E-state index contributed by atoms with van der Waals surface area (Å²) < 4.78 is 16.5. The number of fused-ring (bicyclic) bond motifs is 1. The number of carboxylic acids is 1. The van der Waals surface area contributed by atoms with Gasteiger partial charge in [-0.25, -0.2) is 4.79 Å². The molecule has 1 aromatic carbocycles. The lowest BCUT2D eigenvalue weighted by Crippen LogP contribution is -2.26. The van der Waals surface area contributed by atoms with E-state index in [1.165, 1.54) is 13.2 Å². The van der Waals surface area contributed by atoms with Gasteiger partial charge in [0, 0.05) is 0 Å². The number of hydrogen-bond acceptors (Lipinski definition) is 5. The van der Waals surface area contributed by atoms with Crippen LogP contribution in [0.2, 0.25) is 0 Å². The van der Waals surface area contributed by atoms with Crippen LogP contribution in [0.5, 0.6) is 5.75 Å². The molecule has 0 aliphatic rings. The van der Waals surface area contributed by atoms with Gasteiger partial charge in [0.1, 0.15) is 5.58 Å². The maximum absolute atomic E-state index is 12.9. The van der Waals surface area contributed by atoms with Crippen molar-refractivity contribution in [2.24, 2.45) is 0 Å². The highest BCUT2D eigenvalue weighted by Gasteiger charge is 2.23. The van der Waals surface area contributed by atoms with E-state index in [4.69, 9.17) is 18.7 Å². The molecule has 2 aromatic heterocycles. The second-order valence-electron chi connectivity index (χ2n) is 5.35. The molecule has 1 atom stereocenters. The van der Waals surface area contributed by atoms with E-state index in [9.17, 15) is 9.59 Å². The van der Waals surface area contributed by atoms with Crippen LogP contribution < -0.4 is 10.2 Å². The summed E-state index contributed by atoms with van der Waals surface area (Å²) in [4.78, 5) is 23.9. The lowest BCUT2D eigenvalue weighted by atomic mass is 10.1. The molecule has 6 heteroatoms. The van der Waals surface area contributed by atoms with E-state index in [0.29, 0.717) is 16.7 Å². The number of hydrogen-bond donors (Lipinski definition) is 1. The van der Waals surface area contributed by atoms with Gasteiger partial charge in [0.2, 0.25) is 16.9 Å². The van der Waals surface area contributed by atoms with E-state index in [0.717, 1.165) is 12.0 Å². The minimum absolute atomic E-state index is 0.0786. The molecule has 3 rings (SSSR count). The Balaban J connectivity index is 2.27. The van der Waals surface area contributed by atoms with Crippen LogP contribution in [0.25, 0.3) is 22.5 Å². The molecule has 1 N–H and O–H groups in total. The summed E-state index contributed by atoms with van der Waals surface area (Å²) in [6.45, 7) is 3.32. The molecule has 6 nitrogen and oxygen atoms in total. The first-order valence-corrected chi connectivity index (χ1v) is 7.54. The van der Waals surface area contributed by atoms with Crippen LogP contribution in [0.1, 0.15) is 19.4 Å². The van der Waals surface area contributed by atoms with Gasteiger partial charge in [0.15, 0.2) is 11.9 Å². The van der Waals surface area contributed by atoms with Crippen LogP contribution in [-0.2, 0) is 11.2 Å². The van der Waals surface area contributed by atoms with Gasteiger partial charge in [-0.3, -0.25) is 4.79 Å². The number of aryl methyl sites for hydroxylation is 1. The summed E-state index contributed by atoms with van der Waals surface area (Å²) in [6, 6.07) is 8.57. The predicted octanol–water partition coefficient (Wildman–Crippen LogP) is 3.47. The van der Waals surface area contributed by atoms with E-state index < -0.39 is 17.5 Å². The van der Waals surface area contributed by atoms with Crippen molar-refractivity contribution in [1.29, 1.82) is 0 Å². The average Bonchev–Trinajstić information content (AvgIpc) is 3.11. The molecule has 0 saturated heterocycles. The standard InChI is InChI=1S/C18H16O6/c1-3-11-6-7-13-12(9-11)15(19)17(23-10(2)18(20)21)16(24-13)14-5-4-8-22-14/h4-10H,3H2,1-2H3,(H,20,21). The fourth-order valence-electron chi connectivity index (χ4n) is 2.35. The van der Waals surface area contributed by atoms with Gasteiger partial charge >= 0.3 is 5.97 Å². The van der Waals surface area contributed by atoms with Crippen molar-refractivity contribution in [2.75, 3.05) is 0 Å². The maximum Gasteiger partial charge on any atom is 0.344 e. The van der Waals surface area contributed by atoms with E-state index in [-0.39, 0.29) is 11.5 Å². The summed E-state index contributed by atoms with van der Waals surface area (Å²) in [7, 11) is 0. The molecule has 2 heterocycles. The van der Waals surface area contributed by atoms with E-state index in [2.05, 4.69) is 0 Å². The largest absolute Gasteiger partial charge is 0.479 e. The second kappa shape index (κ2) is 6.23. The van der Waals surface area contributed by atoms with E-state index in [1.807, 2.05) is 13.0 Å². The van der Waals surface area contributed by atoms with Gasteiger partial charge in [-0.2, -0.15) is 0 Å². The van der Waals surface area contributed by atoms with Crippen molar-refractivity contribution in [1.82, 2.24) is 0 Å². The lowest BCUT2D eigenvalue weighted by Gasteiger charge is -2.13. The molecule has 0 radical (unpaired) electrons. The highest BCUT2D eigenvalue weighted by atomic mass is 16.5. The first kappa shape index (κ1) is 15.9. The fourth-order valence-corrected chi connectivity index (χ4v) is 2.35. The molecular formula is C18H16O6. The van der Waals surface area contributed by atoms with Crippen molar-refractivity contribution < 1.29 is 23.5 Å². The number of carboxylic acid groups (broad SMARTS) is 1. The fraction of sp³-hybridized carbons (Fsp3) is 0.222. The predicted molar refractivity (Wildman–Crippen MR) is 87.3 cm³/mol. The first-order chi connectivity index (χ1) is 11.5. The average molecular weight is 328 g/mol. The zero-order valence-electron chi connectivity index (χ0n) is 13.2. The smallest absolute Gasteiger partial charge is 0.344 e. The number of carbonyl (C=O) groups is 1. The van der Waals surface area contributed by atoms with Crippen molar-refractivity contribution >= 4 is 16.9 Å². The Morgan fingerprint density at radius 3 is 2.75 bits per heavy atom. The van der Waals surface area contributed by atoms with Gasteiger partial charge in [-0.1, -0.05) is 13.0 Å². The molecule has 124 valence electrons. The zero-order valence-corrected chi connectivity index (χ0v) is 13.2. The van der Waals surface area contributed by atoms with Gasteiger partial charge in [0.05, 0.1) is 11.6 Å². The Bertz CT molecular complexity index is 936. The van der Waals surface area contributed by atoms with Gasteiger partial charge in [-0.15, -0.1) is 0 Å². The molecule has 1 unspecified atom stereocenters. The Kier molecular flexibility index (Phi) is 4.12. The monoisotopic (exact) mass is 328 g/mol. The van der Waals surface area contributed by atoms with Crippen LogP contribution in [0.4, 0.5) is 0 Å². The number of benzene rings is 1. The Morgan fingerprint density at radius 1 is 1.33 bits per heavy atom. The lowest BCUT2D eigenvalue weighted by molar-refractivity contribution is -0.144. The quantitative estimate of drug-likeness (QED) is 0.771. The molecule has 0 aliphatic carbocycles. The molecule has 3 aromatic rings. The summed E-state index contributed by atoms with van der Waals surface area (Å²) in [5, 5.41) is 9.41. The molecule has 0 bridgehead atoms. The van der Waals surface area contributed by atoms with Gasteiger partial charge < -0.3 is 18.7 Å². The third-order valence-electron chi connectivity index (χ3n) is 3.71. The molecule has 0 spiro atoms. The first-order valence-electron chi connectivity index (χ1n) is 7.54. The van der Waals surface area contributed by atoms with E-state index >= 15 is 0 Å². The minimum Gasteiger partial charge on any atom is -0.479 e. The Morgan fingerprint density at radius 2 is 2.12 bits per heavy atom. The Hall–Kier alpha value is -3.02. The van der Waals surface area contributed by atoms with Crippen molar-refractivity contribution in [2.45, 2.75) is 26.4 Å². The van der Waals surface area contributed by atoms with E-state index in [1.54, 1.807) is 24.3 Å². The third kappa shape index (κ3) is 2.78. The number of furan rings is 1. The summed E-state index contributed by atoms with van der Waals surface area (Å²) in [5.41, 5.74) is 0.933. The third-order valence-corrected chi connectivity index (χ3v) is 3.71. The molecule has 0 amide bonds. The number of aliphatic carboxylic acids is 1. The van der Waals surface area contributed by atoms with Crippen LogP contribution in [0.15, 0.2) is 50.2 Å². The second-order valence-corrected chi connectivity index (χ2v) is 5.35. The van der Waals surface area contributed by atoms with Crippen LogP contribution >= 0.6 is 0 Å². The SMILES string of the molecule is CCc1ccc2oc(-c3ccco3)c(OC(C)C(=O)O)c(=O)c2c1. The normalized spacial score (nSPS) is 12.2. The summed E-state index contributed by atoms with van der Waals surface area (Å²) in [6.07, 6.45) is 0.995. The molecule has 0 saturated carbocycles. The molecule has 0 aliphatic heterocycles. The highest BCUT2D eigenvalue weighted by Crippen LogP contribution is 2.32. The van der Waals surface area contributed by atoms with Crippen LogP contribution in [-0.4, -0.2) is 17.2 Å². The minimum atomic E-state index is -1.20. The van der Waals surface area contributed by atoms with Crippen molar-refractivity contribution in [3.8, 4) is 17.3 Å². The molecular weight excluding hydrogens is 312 g/mol. The molecule has 0 fully saturated rings. The maximum atomic E-state index is 12.9. The van der Waals surface area contributed by atoms with Crippen LogP contribution in [0, 0.1) is 0 Å². The Labute approximate surface area is 137 Å².